The van der Waals surface area contributed by atoms with Crippen LogP contribution in [-0.4, -0.2) is 22.5 Å². The second-order valence-corrected chi connectivity index (χ2v) is 6.70. The number of hydrogen-bond acceptors (Lipinski definition) is 4. The van der Waals surface area contributed by atoms with Crippen LogP contribution in [0.25, 0.3) is 0 Å². The van der Waals surface area contributed by atoms with Crippen molar-refractivity contribution in [2.75, 3.05) is 6.54 Å². The second kappa shape index (κ2) is 7.22. The van der Waals surface area contributed by atoms with Gasteiger partial charge in [-0.1, -0.05) is 30.7 Å². The molecule has 2 N–H and O–H groups in total. The molecular weight excluding hydrogens is 320 g/mol. The first kappa shape index (κ1) is 16.9. The van der Waals surface area contributed by atoms with Gasteiger partial charge in [0.25, 0.3) is 0 Å². The zero-order valence-corrected chi connectivity index (χ0v) is 14.2. The lowest BCUT2D eigenvalue weighted by atomic mass is 9.96. The molecule has 0 bridgehead atoms. The fourth-order valence-electron chi connectivity index (χ4n) is 2.02. The molecular formula is C16H19ClN2O2S. The van der Waals surface area contributed by atoms with E-state index < -0.39 is 5.60 Å². The SMILES string of the molecule is CCc1nc(CC(=O)NCC(C)(O)c2cccc(Cl)c2)cs1. The summed E-state index contributed by atoms with van der Waals surface area (Å²) in [5.74, 6) is -0.157. The van der Waals surface area contributed by atoms with Gasteiger partial charge in [-0.2, -0.15) is 0 Å². The smallest absolute Gasteiger partial charge is 0.226 e. The van der Waals surface area contributed by atoms with Crippen LogP contribution in [-0.2, 0) is 23.2 Å². The number of benzene rings is 1. The molecule has 0 spiro atoms. The van der Waals surface area contributed by atoms with Crippen molar-refractivity contribution in [1.82, 2.24) is 10.3 Å². The Morgan fingerprint density at radius 3 is 2.91 bits per heavy atom. The largest absolute Gasteiger partial charge is 0.384 e. The van der Waals surface area contributed by atoms with Crippen molar-refractivity contribution in [2.45, 2.75) is 32.3 Å². The zero-order valence-electron chi connectivity index (χ0n) is 12.6. The topological polar surface area (TPSA) is 62.2 Å². The van der Waals surface area contributed by atoms with E-state index in [-0.39, 0.29) is 18.9 Å². The number of halogens is 1. The van der Waals surface area contributed by atoms with Gasteiger partial charge in [0.05, 0.1) is 23.7 Å². The van der Waals surface area contributed by atoms with Crippen LogP contribution in [0.3, 0.4) is 0 Å². The van der Waals surface area contributed by atoms with Crippen molar-refractivity contribution >= 4 is 28.8 Å². The van der Waals surface area contributed by atoms with Crippen molar-refractivity contribution in [3.05, 3.63) is 50.9 Å². The molecule has 0 fully saturated rings. The molecule has 0 saturated carbocycles. The third-order valence-electron chi connectivity index (χ3n) is 3.32. The number of aromatic nitrogens is 1. The zero-order chi connectivity index (χ0) is 16.2. The van der Waals surface area contributed by atoms with E-state index in [1.807, 2.05) is 12.3 Å². The summed E-state index contributed by atoms with van der Waals surface area (Å²) in [4.78, 5) is 16.3. The van der Waals surface area contributed by atoms with Crippen LogP contribution in [0, 0.1) is 0 Å². The van der Waals surface area contributed by atoms with E-state index in [0.717, 1.165) is 17.1 Å². The summed E-state index contributed by atoms with van der Waals surface area (Å²) in [5, 5.41) is 16.7. The number of nitrogens with zero attached hydrogens (tertiary/aromatic N) is 1. The maximum atomic E-state index is 12.0. The van der Waals surface area contributed by atoms with Crippen LogP contribution in [0.4, 0.5) is 0 Å². The summed E-state index contributed by atoms with van der Waals surface area (Å²) in [7, 11) is 0. The molecule has 1 aromatic heterocycles. The fraction of sp³-hybridized carbons (Fsp3) is 0.375. The normalized spacial score (nSPS) is 13.6. The first-order valence-electron chi connectivity index (χ1n) is 7.09. The Balaban J connectivity index is 1.92. The summed E-state index contributed by atoms with van der Waals surface area (Å²) in [6.45, 7) is 3.80. The van der Waals surface area contributed by atoms with Crippen LogP contribution in [0.15, 0.2) is 29.6 Å². The van der Waals surface area contributed by atoms with Crippen molar-refractivity contribution in [3.8, 4) is 0 Å². The van der Waals surface area contributed by atoms with Crippen LogP contribution in [0.1, 0.15) is 30.1 Å². The lowest BCUT2D eigenvalue weighted by Gasteiger charge is -2.24. The highest BCUT2D eigenvalue weighted by molar-refractivity contribution is 7.09. The molecule has 1 amide bonds. The first-order valence-corrected chi connectivity index (χ1v) is 8.35. The highest BCUT2D eigenvalue weighted by atomic mass is 35.5. The van der Waals surface area contributed by atoms with Crippen LogP contribution in [0.5, 0.6) is 0 Å². The minimum atomic E-state index is -1.17. The van der Waals surface area contributed by atoms with Gasteiger partial charge in [0.2, 0.25) is 5.91 Å². The number of aliphatic hydroxyl groups is 1. The minimum Gasteiger partial charge on any atom is -0.384 e. The van der Waals surface area contributed by atoms with Crippen LogP contribution in [0.2, 0.25) is 5.02 Å². The molecule has 4 nitrogen and oxygen atoms in total. The van der Waals surface area contributed by atoms with Gasteiger partial charge in [0.15, 0.2) is 0 Å². The molecule has 1 unspecified atom stereocenters. The summed E-state index contributed by atoms with van der Waals surface area (Å²) in [6.07, 6.45) is 1.10. The lowest BCUT2D eigenvalue weighted by Crippen LogP contribution is -2.39. The van der Waals surface area contributed by atoms with Gasteiger partial charge in [-0.25, -0.2) is 4.98 Å². The number of carbonyl (C=O) groups excluding carboxylic acids is 1. The Labute approximate surface area is 139 Å². The van der Waals surface area contributed by atoms with Crippen LogP contribution < -0.4 is 5.32 Å². The third-order valence-corrected chi connectivity index (χ3v) is 4.60. The van der Waals surface area contributed by atoms with E-state index in [2.05, 4.69) is 10.3 Å². The van der Waals surface area contributed by atoms with Crippen molar-refractivity contribution in [1.29, 1.82) is 0 Å². The highest BCUT2D eigenvalue weighted by Gasteiger charge is 2.24. The van der Waals surface area contributed by atoms with Crippen molar-refractivity contribution < 1.29 is 9.90 Å². The number of carbonyl (C=O) groups is 1. The summed E-state index contributed by atoms with van der Waals surface area (Å²) in [6, 6.07) is 7.00. The van der Waals surface area contributed by atoms with E-state index in [1.54, 1.807) is 42.5 Å². The molecule has 0 radical (unpaired) electrons. The van der Waals surface area contributed by atoms with E-state index in [1.165, 1.54) is 0 Å². The van der Waals surface area contributed by atoms with Gasteiger partial charge in [0, 0.05) is 10.4 Å². The molecule has 22 heavy (non-hydrogen) atoms. The van der Waals surface area contributed by atoms with E-state index in [4.69, 9.17) is 11.6 Å². The minimum absolute atomic E-state index is 0.122. The first-order chi connectivity index (χ1) is 10.4. The van der Waals surface area contributed by atoms with Gasteiger partial charge in [-0.15, -0.1) is 11.3 Å². The van der Waals surface area contributed by atoms with Gasteiger partial charge in [-0.05, 0) is 31.0 Å². The quantitative estimate of drug-likeness (QED) is 0.851. The maximum Gasteiger partial charge on any atom is 0.226 e. The van der Waals surface area contributed by atoms with Crippen LogP contribution >= 0.6 is 22.9 Å². The van der Waals surface area contributed by atoms with Gasteiger partial charge in [-0.3, -0.25) is 4.79 Å². The Hall–Kier alpha value is -1.43. The maximum absolute atomic E-state index is 12.0. The molecule has 118 valence electrons. The molecule has 0 aliphatic rings. The molecule has 1 aromatic carbocycles. The molecule has 2 rings (SSSR count). The predicted octanol–water partition coefficient (Wildman–Crippen LogP) is 2.93. The number of amides is 1. The third kappa shape index (κ3) is 4.53. The Kier molecular flexibility index (Phi) is 5.56. The number of nitrogens with one attached hydrogen (secondary N) is 1. The van der Waals surface area contributed by atoms with Crippen molar-refractivity contribution in [3.63, 3.8) is 0 Å². The Bertz CT molecular complexity index is 655. The number of rotatable bonds is 6. The molecule has 0 aliphatic carbocycles. The molecule has 0 saturated heterocycles. The average Bonchev–Trinajstić information content (AvgIpc) is 2.93. The Morgan fingerprint density at radius 2 is 2.27 bits per heavy atom. The molecule has 1 heterocycles. The molecule has 0 aliphatic heterocycles. The lowest BCUT2D eigenvalue weighted by molar-refractivity contribution is -0.121. The highest BCUT2D eigenvalue weighted by Crippen LogP contribution is 2.22. The summed E-state index contributed by atoms with van der Waals surface area (Å²) in [5.41, 5.74) is 0.265. The average molecular weight is 339 g/mol. The predicted molar refractivity (Wildman–Crippen MR) is 89.2 cm³/mol. The monoisotopic (exact) mass is 338 g/mol. The molecule has 2 aromatic rings. The standard InChI is InChI=1S/C16H19ClN2O2S/c1-3-15-19-13(9-22-15)8-14(20)18-10-16(2,21)11-5-4-6-12(17)7-11/h4-7,9,21H,3,8,10H2,1-2H3,(H,18,20). The summed E-state index contributed by atoms with van der Waals surface area (Å²) >= 11 is 7.49. The van der Waals surface area contributed by atoms with Crippen molar-refractivity contribution in [2.24, 2.45) is 0 Å². The molecule has 1 atom stereocenters. The van der Waals surface area contributed by atoms with E-state index >= 15 is 0 Å². The second-order valence-electron chi connectivity index (χ2n) is 5.32. The van der Waals surface area contributed by atoms with E-state index in [0.29, 0.717) is 10.6 Å². The number of hydrogen-bond donors (Lipinski definition) is 2. The van der Waals surface area contributed by atoms with Gasteiger partial charge >= 0.3 is 0 Å². The number of aryl methyl sites for hydroxylation is 1. The fourth-order valence-corrected chi connectivity index (χ4v) is 2.95. The summed E-state index contributed by atoms with van der Waals surface area (Å²) < 4.78 is 0. The Morgan fingerprint density at radius 1 is 1.50 bits per heavy atom. The molecule has 6 heteroatoms. The van der Waals surface area contributed by atoms with Gasteiger partial charge < -0.3 is 10.4 Å². The number of thiazole rings is 1. The van der Waals surface area contributed by atoms with Gasteiger partial charge in [0.1, 0.15) is 5.60 Å². The van der Waals surface area contributed by atoms with E-state index in [9.17, 15) is 9.90 Å².